The fourth-order valence-corrected chi connectivity index (χ4v) is 3.23. The van der Waals surface area contributed by atoms with Gasteiger partial charge in [0.15, 0.2) is 0 Å². The maximum absolute atomic E-state index is 3.64. The molecule has 2 atom stereocenters. The molecule has 1 aliphatic heterocycles. The number of hydrogen-bond acceptors (Lipinski definition) is 1. The van der Waals surface area contributed by atoms with Crippen LogP contribution in [-0.4, -0.2) is 6.04 Å². The summed E-state index contributed by atoms with van der Waals surface area (Å²) in [6, 6.07) is 7.34. The summed E-state index contributed by atoms with van der Waals surface area (Å²) in [6.07, 6.45) is 5.50. The van der Waals surface area contributed by atoms with Crippen molar-refractivity contribution in [1.29, 1.82) is 0 Å². The van der Waals surface area contributed by atoms with Gasteiger partial charge in [0, 0.05) is 22.1 Å². The normalized spacial score (nSPS) is 29.2. The van der Waals surface area contributed by atoms with Gasteiger partial charge in [-0.05, 0) is 36.6 Å². The number of halogens is 1. The zero-order chi connectivity index (χ0) is 9.54. The molecule has 0 amide bonds. The summed E-state index contributed by atoms with van der Waals surface area (Å²) in [4.78, 5) is 0. The Morgan fingerprint density at radius 2 is 2.07 bits per heavy atom. The maximum Gasteiger partial charge on any atom is 0.0379 e. The zero-order valence-corrected chi connectivity index (χ0v) is 9.68. The van der Waals surface area contributed by atoms with Crippen LogP contribution < -0.4 is 5.32 Å². The summed E-state index contributed by atoms with van der Waals surface area (Å²) in [5.41, 5.74) is 2.90. The second-order valence-corrected chi connectivity index (χ2v) is 5.29. The van der Waals surface area contributed by atoms with Gasteiger partial charge in [0.1, 0.15) is 0 Å². The summed E-state index contributed by atoms with van der Waals surface area (Å²) in [5, 5.41) is 3.64. The molecule has 1 aromatic carbocycles. The molecule has 14 heavy (non-hydrogen) atoms. The zero-order valence-electron chi connectivity index (χ0n) is 8.09. The van der Waals surface area contributed by atoms with Crippen molar-refractivity contribution in [3.8, 4) is 0 Å². The molecule has 3 rings (SSSR count). The lowest BCUT2D eigenvalue weighted by molar-refractivity contribution is 0.422. The first-order valence-corrected chi connectivity index (χ1v) is 6.20. The minimum Gasteiger partial charge on any atom is -0.381 e. The van der Waals surface area contributed by atoms with E-state index < -0.39 is 0 Å². The minimum absolute atomic E-state index is 0.716. The average Bonchev–Trinajstić information content (AvgIpc) is 2.56. The van der Waals surface area contributed by atoms with Crippen molar-refractivity contribution in [2.45, 2.75) is 37.6 Å². The Balaban J connectivity index is 2.02. The number of anilines is 1. The SMILES string of the molecule is Brc1ccc2c(c1)[C@@H]1CCCC[C@H]1N2. The largest absolute Gasteiger partial charge is 0.381 e. The van der Waals surface area contributed by atoms with Crippen molar-refractivity contribution >= 4 is 21.6 Å². The van der Waals surface area contributed by atoms with Crippen LogP contribution in [0.4, 0.5) is 5.69 Å². The molecule has 0 spiro atoms. The Bertz CT molecular complexity index is 361. The van der Waals surface area contributed by atoms with Gasteiger partial charge in [-0.15, -0.1) is 0 Å². The summed E-state index contributed by atoms with van der Waals surface area (Å²) in [7, 11) is 0. The third-order valence-electron chi connectivity index (χ3n) is 3.52. The van der Waals surface area contributed by atoms with Gasteiger partial charge in [0.2, 0.25) is 0 Å². The molecule has 1 aromatic rings. The molecule has 0 unspecified atom stereocenters. The van der Waals surface area contributed by atoms with Crippen molar-refractivity contribution in [2.24, 2.45) is 0 Å². The number of rotatable bonds is 0. The second kappa shape index (κ2) is 3.27. The van der Waals surface area contributed by atoms with Crippen molar-refractivity contribution < 1.29 is 0 Å². The fourth-order valence-electron chi connectivity index (χ4n) is 2.85. The molecule has 0 aromatic heterocycles. The lowest BCUT2D eigenvalue weighted by Gasteiger charge is -2.25. The molecular weight excluding hydrogens is 238 g/mol. The topological polar surface area (TPSA) is 12.0 Å². The van der Waals surface area contributed by atoms with E-state index in [0.29, 0.717) is 6.04 Å². The summed E-state index contributed by atoms with van der Waals surface area (Å²) in [6.45, 7) is 0. The van der Waals surface area contributed by atoms with E-state index in [2.05, 4.69) is 39.4 Å². The third-order valence-corrected chi connectivity index (χ3v) is 4.01. The number of benzene rings is 1. The van der Waals surface area contributed by atoms with Gasteiger partial charge in [0.05, 0.1) is 0 Å². The van der Waals surface area contributed by atoms with E-state index in [1.54, 1.807) is 0 Å². The first-order valence-electron chi connectivity index (χ1n) is 5.40. The quantitative estimate of drug-likeness (QED) is 0.738. The molecule has 2 aliphatic rings. The van der Waals surface area contributed by atoms with Gasteiger partial charge < -0.3 is 5.32 Å². The van der Waals surface area contributed by atoms with Crippen LogP contribution in [-0.2, 0) is 0 Å². The van der Waals surface area contributed by atoms with Crippen molar-refractivity contribution in [3.05, 3.63) is 28.2 Å². The van der Waals surface area contributed by atoms with Gasteiger partial charge in [-0.1, -0.05) is 28.8 Å². The van der Waals surface area contributed by atoms with Gasteiger partial charge in [-0.3, -0.25) is 0 Å². The van der Waals surface area contributed by atoms with Crippen LogP contribution >= 0.6 is 15.9 Å². The highest BCUT2D eigenvalue weighted by molar-refractivity contribution is 9.10. The Hall–Kier alpha value is -0.500. The minimum atomic E-state index is 0.716. The van der Waals surface area contributed by atoms with Crippen LogP contribution in [0.15, 0.2) is 22.7 Å². The Kier molecular flexibility index (Phi) is 2.05. The smallest absolute Gasteiger partial charge is 0.0379 e. The highest BCUT2D eigenvalue weighted by Crippen LogP contribution is 2.44. The van der Waals surface area contributed by atoms with E-state index in [-0.39, 0.29) is 0 Å². The molecule has 1 saturated carbocycles. The molecule has 0 bridgehead atoms. The van der Waals surface area contributed by atoms with Gasteiger partial charge in [-0.25, -0.2) is 0 Å². The van der Waals surface area contributed by atoms with Crippen molar-refractivity contribution in [2.75, 3.05) is 5.32 Å². The molecule has 1 aliphatic carbocycles. The number of nitrogens with one attached hydrogen (secondary N) is 1. The molecule has 1 nitrogen and oxygen atoms in total. The lowest BCUT2D eigenvalue weighted by Crippen LogP contribution is -2.23. The standard InChI is InChI=1S/C12H14BrN/c13-8-5-6-12-10(7-8)9-3-1-2-4-11(9)14-12/h5-7,9,11,14H,1-4H2/t9-,11+/m0/s1. The first-order chi connectivity index (χ1) is 6.84. The van der Waals surface area contributed by atoms with Crippen molar-refractivity contribution in [1.82, 2.24) is 0 Å². The van der Waals surface area contributed by atoms with Crippen molar-refractivity contribution in [3.63, 3.8) is 0 Å². The third kappa shape index (κ3) is 1.28. The Morgan fingerprint density at radius 1 is 1.21 bits per heavy atom. The molecule has 1 heterocycles. The van der Waals surface area contributed by atoms with Gasteiger partial charge in [-0.2, -0.15) is 0 Å². The maximum atomic E-state index is 3.64. The Labute approximate surface area is 93.0 Å². The fraction of sp³-hybridized carbons (Fsp3) is 0.500. The van der Waals surface area contributed by atoms with E-state index in [4.69, 9.17) is 0 Å². The molecule has 1 N–H and O–H groups in total. The van der Waals surface area contributed by atoms with Crippen LogP contribution in [0.3, 0.4) is 0 Å². The highest BCUT2D eigenvalue weighted by atomic mass is 79.9. The summed E-state index contributed by atoms with van der Waals surface area (Å²) >= 11 is 3.55. The monoisotopic (exact) mass is 251 g/mol. The van der Waals surface area contributed by atoms with E-state index in [1.807, 2.05) is 0 Å². The average molecular weight is 252 g/mol. The van der Waals surface area contributed by atoms with E-state index in [0.717, 1.165) is 5.92 Å². The predicted molar refractivity (Wildman–Crippen MR) is 62.8 cm³/mol. The van der Waals surface area contributed by atoms with Crippen LogP contribution in [0.2, 0.25) is 0 Å². The molecule has 2 heteroatoms. The molecule has 1 fully saturated rings. The Morgan fingerprint density at radius 3 is 3.00 bits per heavy atom. The van der Waals surface area contributed by atoms with E-state index >= 15 is 0 Å². The summed E-state index contributed by atoms with van der Waals surface area (Å²) in [5.74, 6) is 0.774. The van der Waals surface area contributed by atoms with Crippen LogP contribution in [0, 0.1) is 0 Å². The highest BCUT2D eigenvalue weighted by Gasteiger charge is 2.33. The molecule has 0 saturated heterocycles. The van der Waals surface area contributed by atoms with E-state index in [9.17, 15) is 0 Å². The summed E-state index contributed by atoms with van der Waals surface area (Å²) < 4.78 is 1.21. The molecule has 74 valence electrons. The molecule has 0 radical (unpaired) electrons. The van der Waals surface area contributed by atoms with Gasteiger partial charge in [0.25, 0.3) is 0 Å². The van der Waals surface area contributed by atoms with Crippen LogP contribution in [0.5, 0.6) is 0 Å². The lowest BCUT2D eigenvalue weighted by atomic mass is 9.83. The number of hydrogen-bond donors (Lipinski definition) is 1. The van der Waals surface area contributed by atoms with Gasteiger partial charge >= 0.3 is 0 Å². The predicted octanol–water partition coefficient (Wildman–Crippen LogP) is 3.90. The second-order valence-electron chi connectivity index (χ2n) is 4.37. The van der Waals surface area contributed by atoms with Crippen LogP contribution in [0.1, 0.15) is 37.2 Å². The van der Waals surface area contributed by atoms with Crippen LogP contribution in [0.25, 0.3) is 0 Å². The van der Waals surface area contributed by atoms with E-state index in [1.165, 1.54) is 41.4 Å². The first kappa shape index (κ1) is 8.78. The number of fused-ring (bicyclic) bond motifs is 3. The molecular formula is C12H14BrN.